The molecule has 1 aromatic carbocycles. The van der Waals surface area contributed by atoms with Crippen LogP contribution in [0.3, 0.4) is 0 Å². The zero-order chi connectivity index (χ0) is 13.7. The molecule has 0 aliphatic rings. The van der Waals surface area contributed by atoms with E-state index in [4.69, 9.17) is 0 Å². The molecule has 0 aliphatic carbocycles. The van der Waals surface area contributed by atoms with E-state index < -0.39 is 0 Å². The van der Waals surface area contributed by atoms with E-state index in [2.05, 4.69) is 36.3 Å². The quantitative estimate of drug-likeness (QED) is 0.900. The molecule has 0 spiro atoms. The molecule has 98 valence electrons. The zero-order valence-corrected chi connectivity index (χ0v) is 11.3. The van der Waals surface area contributed by atoms with E-state index in [1.807, 2.05) is 12.1 Å². The second-order valence-corrected chi connectivity index (χ2v) is 4.62. The first-order chi connectivity index (χ1) is 9.20. The van der Waals surface area contributed by atoms with Gasteiger partial charge < -0.3 is 5.32 Å². The lowest BCUT2D eigenvalue weighted by Crippen LogP contribution is -2.11. The van der Waals surface area contributed by atoms with Gasteiger partial charge in [-0.15, -0.1) is 0 Å². The molecule has 1 aromatic heterocycles. The summed E-state index contributed by atoms with van der Waals surface area (Å²) in [6, 6.07) is 11.4. The standard InChI is InChI=1S/C16H18N2O/c1-3-12(2)13-4-6-15(7-5-13)18-16(19)14-8-10-17-11-9-14/h4-12H,3H2,1-2H3,(H,18,19)/t12-/m0/s1. The van der Waals surface area contributed by atoms with E-state index in [1.54, 1.807) is 24.5 Å². The lowest BCUT2D eigenvalue weighted by Gasteiger charge is -2.10. The highest BCUT2D eigenvalue weighted by atomic mass is 16.1. The van der Waals surface area contributed by atoms with E-state index in [-0.39, 0.29) is 5.91 Å². The monoisotopic (exact) mass is 254 g/mol. The summed E-state index contributed by atoms with van der Waals surface area (Å²) in [6.07, 6.45) is 4.34. The largest absolute Gasteiger partial charge is 0.322 e. The van der Waals surface area contributed by atoms with Gasteiger partial charge in [-0.3, -0.25) is 9.78 Å². The van der Waals surface area contributed by atoms with Crippen LogP contribution >= 0.6 is 0 Å². The van der Waals surface area contributed by atoms with Crippen LogP contribution in [0.4, 0.5) is 5.69 Å². The van der Waals surface area contributed by atoms with Crippen molar-refractivity contribution in [3.05, 3.63) is 59.9 Å². The molecule has 1 amide bonds. The second kappa shape index (κ2) is 6.14. The molecule has 0 saturated carbocycles. The maximum absolute atomic E-state index is 12.0. The summed E-state index contributed by atoms with van der Waals surface area (Å²) in [7, 11) is 0. The van der Waals surface area contributed by atoms with Gasteiger partial charge >= 0.3 is 0 Å². The third kappa shape index (κ3) is 3.41. The number of carbonyl (C=O) groups is 1. The molecule has 1 atom stereocenters. The van der Waals surface area contributed by atoms with Gasteiger partial charge in [-0.2, -0.15) is 0 Å². The summed E-state index contributed by atoms with van der Waals surface area (Å²) in [5.41, 5.74) is 2.72. The Morgan fingerprint density at radius 1 is 1.16 bits per heavy atom. The smallest absolute Gasteiger partial charge is 0.255 e. The van der Waals surface area contributed by atoms with Crippen LogP contribution in [-0.2, 0) is 0 Å². The fraction of sp³-hybridized carbons (Fsp3) is 0.250. The van der Waals surface area contributed by atoms with Gasteiger partial charge in [-0.05, 0) is 42.2 Å². The first-order valence-electron chi connectivity index (χ1n) is 6.52. The number of nitrogens with one attached hydrogen (secondary N) is 1. The van der Waals surface area contributed by atoms with Gasteiger partial charge in [0.1, 0.15) is 0 Å². The average molecular weight is 254 g/mol. The number of anilines is 1. The van der Waals surface area contributed by atoms with Crippen LogP contribution in [-0.4, -0.2) is 10.9 Å². The molecule has 1 heterocycles. The highest BCUT2D eigenvalue weighted by molar-refractivity contribution is 6.04. The number of nitrogens with zero attached hydrogens (tertiary/aromatic N) is 1. The number of amides is 1. The molecule has 0 unspecified atom stereocenters. The number of carbonyl (C=O) groups excluding carboxylic acids is 1. The number of aromatic nitrogens is 1. The van der Waals surface area contributed by atoms with Crippen molar-refractivity contribution in [2.45, 2.75) is 26.2 Å². The first-order valence-corrected chi connectivity index (χ1v) is 6.52. The summed E-state index contributed by atoms with van der Waals surface area (Å²) < 4.78 is 0. The molecular formula is C16H18N2O. The highest BCUT2D eigenvalue weighted by Crippen LogP contribution is 2.20. The lowest BCUT2D eigenvalue weighted by molar-refractivity contribution is 0.102. The summed E-state index contributed by atoms with van der Waals surface area (Å²) in [4.78, 5) is 15.8. The van der Waals surface area contributed by atoms with E-state index in [1.165, 1.54) is 5.56 Å². The fourth-order valence-electron chi connectivity index (χ4n) is 1.84. The van der Waals surface area contributed by atoms with Crippen LogP contribution in [0.5, 0.6) is 0 Å². The molecule has 0 saturated heterocycles. The van der Waals surface area contributed by atoms with Crippen LogP contribution in [0.25, 0.3) is 0 Å². The predicted molar refractivity (Wildman–Crippen MR) is 77.3 cm³/mol. The topological polar surface area (TPSA) is 42.0 Å². The Morgan fingerprint density at radius 2 is 1.79 bits per heavy atom. The van der Waals surface area contributed by atoms with Crippen LogP contribution in [0, 0.1) is 0 Å². The van der Waals surface area contributed by atoms with Gasteiger partial charge in [-0.25, -0.2) is 0 Å². The second-order valence-electron chi connectivity index (χ2n) is 4.62. The van der Waals surface area contributed by atoms with Crippen LogP contribution in [0.1, 0.15) is 42.1 Å². The molecule has 0 bridgehead atoms. The summed E-state index contributed by atoms with van der Waals surface area (Å²) >= 11 is 0. The van der Waals surface area contributed by atoms with Crippen LogP contribution < -0.4 is 5.32 Å². The van der Waals surface area contributed by atoms with Crippen molar-refractivity contribution in [3.8, 4) is 0 Å². The third-order valence-corrected chi connectivity index (χ3v) is 3.29. The number of hydrogen-bond donors (Lipinski definition) is 1. The third-order valence-electron chi connectivity index (χ3n) is 3.29. The Bertz CT molecular complexity index is 534. The Kier molecular flexibility index (Phi) is 4.29. The maximum Gasteiger partial charge on any atom is 0.255 e. The molecule has 19 heavy (non-hydrogen) atoms. The fourth-order valence-corrected chi connectivity index (χ4v) is 1.84. The lowest BCUT2D eigenvalue weighted by atomic mass is 9.98. The van der Waals surface area contributed by atoms with Crippen LogP contribution in [0.15, 0.2) is 48.8 Å². The van der Waals surface area contributed by atoms with Crippen molar-refractivity contribution >= 4 is 11.6 Å². The Labute approximate surface area is 113 Å². The van der Waals surface area contributed by atoms with Gasteiger partial charge in [0.25, 0.3) is 5.91 Å². The van der Waals surface area contributed by atoms with E-state index >= 15 is 0 Å². The molecule has 3 heteroatoms. The minimum absolute atomic E-state index is 0.112. The van der Waals surface area contributed by atoms with Crippen molar-refractivity contribution < 1.29 is 4.79 Å². The molecule has 0 fully saturated rings. The first kappa shape index (κ1) is 13.3. The number of rotatable bonds is 4. The molecule has 1 N–H and O–H groups in total. The van der Waals surface area contributed by atoms with Gasteiger partial charge in [0.15, 0.2) is 0 Å². The van der Waals surface area contributed by atoms with Gasteiger partial charge in [0, 0.05) is 23.6 Å². The Morgan fingerprint density at radius 3 is 2.37 bits per heavy atom. The number of hydrogen-bond acceptors (Lipinski definition) is 2. The summed E-state index contributed by atoms with van der Waals surface area (Å²) in [5, 5.41) is 2.88. The number of benzene rings is 1. The SMILES string of the molecule is CC[C@H](C)c1ccc(NC(=O)c2ccncc2)cc1. The molecular weight excluding hydrogens is 236 g/mol. The molecule has 3 nitrogen and oxygen atoms in total. The van der Waals surface area contributed by atoms with Gasteiger partial charge in [-0.1, -0.05) is 26.0 Å². The van der Waals surface area contributed by atoms with Crippen molar-refractivity contribution in [2.24, 2.45) is 0 Å². The minimum atomic E-state index is -0.112. The van der Waals surface area contributed by atoms with Crippen molar-refractivity contribution in [2.75, 3.05) is 5.32 Å². The van der Waals surface area contributed by atoms with Crippen LogP contribution in [0.2, 0.25) is 0 Å². The highest BCUT2D eigenvalue weighted by Gasteiger charge is 2.06. The Balaban J connectivity index is 2.06. The predicted octanol–water partition coefficient (Wildman–Crippen LogP) is 3.85. The van der Waals surface area contributed by atoms with Gasteiger partial charge in [0.2, 0.25) is 0 Å². The number of pyridine rings is 1. The van der Waals surface area contributed by atoms with Gasteiger partial charge in [0.05, 0.1) is 0 Å². The average Bonchev–Trinajstić information content (AvgIpc) is 2.48. The minimum Gasteiger partial charge on any atom is -0.322 e. The van der Waals surface area contributed by atoms with E-state index in [0.717, 1.165) is 12.1 Å². The summed E-state index contributed by atoms with van der Waals surface area (Å²) in [6.45, 7) is 4.37. The molecule has 2 aromatic rings. The summed E-state index contributed by atoms with van der Waals surface area (Å²) in [5.74, 6) is 0.434. The van der Waals surface area contributed by atoms with Crippen molar-refractivity contribution in [1.29, 1.82) is 0 Å². The molecule has 2 rings (SSSR count). The van der Waals surface area contributed by atoms with Crippen molar-refractivity contribution in [3.63, 3.8) is 0 Å². The van der Waals surface area contributed by atoms with E-state index in [0.29, 0.717) is 11.5 Å². The molecule has 0 radical (unpaired) electrons. The zero-order valence-electron chi connectivity index (χ0n) is 11.3. The van der Waals surface area contributed by atoms with Crippen molar-refractivity contribution in [1.82, 2.24) is 4.98 Å². The Hall–Kier alpha value is -2.16. The molecule has 0 aliphatic heterocycles. The normalized spacial score (nSPS) is 11.9. The van der Waals surface area contributed by atoms with E-state index in [9.17, 15) is 4.79 Å². The maximum atomic E-state index is 12.0.